The zero-order valence-corrected chi connectivity index (χ0v) is 11.4. The van der Waals surface area contributed by atoms with Crippen LogP contribution in [0.4, 0.5) is 0 Å². The van der Waals surface area contributed by atoms with Crippen LogP contribution in [-0.2, 0) is 4.79 Å². The molecule has 0 aliphatic rings. The molecule has 1 amide bonds. The van der Waals surface area contributed by atoms with E-state index in [9.17, 15) is 9.59 Å². The molecular formula is C11H14BrNO4. The largest absolute Gasteiger partial charge is 0.481 e. The highest BCUT2D eigenvalue weighted by Gasteiger charge is 2.28. The third-order valence-electron chi connectivity index (χ3n) is 2.36. The van der Waals surface area contributed by atoms with Gasteiger partial charge in [-0.05, 0) is 42.8 Å². The number of nitrogens with one attached hydrogen (secondary N) is 1. The predicted molar refractivity (Wildman–Crippen MR) is 64.9 cm³/mol. The SMILES string of the molecule is Cc1cc(Br)oc1C(=O)NCC(C)(C)C(=O)O. The van der Waals surface area contributed by atoms with Crippen LogP contribution in [0.15, 0.2) is 15.2 Å². The Morgan fingerprint density at radius 1 is 1.53 bits per heavy atom. The minimum atomic E-state index is -1.01. The molecule has 6 heteroatoms. The third-order valence-corrected chi connectivity index (χ3v) is 2.75. The van der Waals surface area contributed by atoms with Crippen LogP contribution >= 0.6 is 15.9 Å². The minimum Gasteiger partial charge on any atom is -0.481 e. The summed E-state index contributed by atoms with van der Waals surface area (Å²) in [5.74, 6) is -1.18. The number of hydrogen-bond acceptors (Lipinski definition) is 3. The molecule has 0 unspecified atom stereocenters. The van der Waals surface area contributed by atoms with Crippen molar-refractivity contribution in [3.8, 4) is 0 Å². The molecule has 5 nitrogen and oxygen atoms in total. The van der Waals surface area contributed by atoms with E-state index in [4.69, 9.17) is 9.52 Å². The van der Waals surface area contributed by atoms with E-state index in [2.05, 4.69) is 21.2 Å². The van der Waals surface area contributed by atoms with E-state index >= 15 is 0 Å². The Morgan fingerprint density at radius 3 is 2.53 bits per heavy atom. The lowest BCUT2D eigenvalue weighted by molar-refractivity contribution is -0.146. The molecular weight excluding hydrogens is 290 g/mol. The average Bonchev–Trinajstić information content (AvgIpc) is 2.54. The van der Waals surface area contributed by atoms with E-state index in [1.807, 2.05) is 0 Å². The van der Waals surface area contributed by atoms with Crippen LogP contribution in [0, 0.1) is 12.3 Å². The van der Waals surface area contributed by atoms with Gasteiger partial charge in [0.2, 0.25) is 0 Å². The Morgan fingerprint density at radius 2 is 2.12 bits per heavy atom. The van der Waals surface area contributed by atoms with Crippen molar-refractivity contribution in [2.75, 3.05) is 6.54 Å². The van der Waals surface area contributed by atoms with Gasteiger partial charge in [0.25, 0.3) is 5.91 Å². The molecule has 1 aromatic heterocycles. The number of aryl methyl sites for hydroxylation is 1. The first kappa shape index (κ1) is 13.8. The van der Waals surface area contributed by atoms with E-state index in [0.29, 0.717) is 10.2 Å². The number of rotatable bonds is 4. The van der Waals surface area contributed by atoms with Crippen molar-refractivity contribution < 1.29 is 19.1 Å². The van der Waals surface area contributed by atoms with Gasteiger partial charge in [-0.2, -0.15) is 0 Å². The Kier molecular flexibility index (Phi) is 3.98. The van der Waals surface area contributed by atoms with Crippen molar-refractivity contribution in [2.45, 2.75) is 20.8 Å². The number of aliphatic carboxylic acids is 1. The van der Waals surface area contributed by atoms with Crippen LogP contribution in [-0.4, -0.2) is 23.5 Å². The van der Waals surface area contributed by atoms with Crippen molar-refractivity contribution in [2.24, 2.45) is 5.41 Å². The van der Waals surface area contributed by atoms with Gasteiger partial charge in [-0.1, -0.05) is 0 Å². The smallest absolute Gasteiger partial charge is 0.310 e. The standard InChI is InChI=1S/C11H14BrNO4/c1-6-4-7(12)17-8(6)9(14)13-5-11(2,3)10(15)16/h4H,5H2,1-3H3,(H,13,14)(H,15,16). The highest BCUT2D eigenvalue weighted by Crippen LogP contribution is 2.20. The van der Waals surface area contributed by atoms with E-state index in [-0.39, 0.29) is 12.3 Å². The summed E-state index contributed by atoms with van der Waals surface area (Å²) >= 11 is 3.12. The number of furan rings is 1. The maximum atomic E-state index is 11.7. The highest BCUT2D eigenvalue weighted by atomic mass is 79.9. The molecule has 94 valence electrons. The molecule has 1 heterocycles. The van der Waals surface area contributed by atoms with Gasteiger partial charge in [-0.3, -0.25) is 9.59 Å². The summed E-state index contributed by atoms with van der Waals surface area (Å²) in [5.41, 5.74) is -0.310. The van der Waals surface area contributed by atoms with Crippen LogP contribution in [0.3, 0.4) is 0 Å². The maximum Gasteiger partial charge on any atom is 0.310 e. The number of carboxylic acids is 1. The van der Waals surface area contributed by atoms with Gasteiger partial charge in [0.1, 0.15) is 0 Å². The summed E-state index contributed by atoms with van der Waals surface area (Å²) in [6, 6.07) is 1.68. The summed E-state index contributed by atoms with van der Waals surface area (Å²) < 4.78 is 5.63. The van der Waals surface area contributed by atoms with Gasteiger partial charge in [-0.25, -0.2) is 0 Å². The van der Waals surface area contributed by atoms with Crippen LogP contribution in [0.2, 0.25) is 0 Å². The monoisotopic (exact) mass is 303 g/mol. The summed E-state index contributed by atoms with van der Waals surface area (Å²) in [5, 5.41) is 11.4. The van der Waals surface area contributed by atoms with Gasteiger partial charge in [0, 0.05) is 12.1 Å². The lowest BCUT2D eigenvalue weighted by Gasteiger charge is -2.18. The lowest BCUT2D eigenvalue weighted by Crippen LogP contribution is -2.38. The first-order valence-electron chi connectivity index (χ1n) is 5.01. The van der Waals surface area contributed by atoms with E-state index in [1.54, 1.807) is 26.8 Å². The Bertz CT molecular complexity index is 450. The van der Waals surface area contributed by atoms with Gasteiger partial charge in [-0.15, -0.1) is 0 Å². The summed E-state index contributed by atoms with van der Waals surface area (Å²) in [6.07, 6.45) is 0. The average molecular weight is 304 g/mol. The fourth-order valence-electron chi connectivity index (χ4n) is 1.13. The first-order valence-corrected chi connectivity index (χ1v) is 5.81. The number of halogens is 1. The van der Waals surface area contributed by atoms with Gasteiger partial charge >= 0.3 is 5.97 Å². The Hall–Kier alpha value is -1.30. The van der Waals surface area contributed by atoms with Crippen molar-refractivity contribution >= 4 is 27.8 Å². The second kappa shape index (κ2) is 4.91. The first-order chi connectivity index (χ1) is 7.74. The molecule has 0 saturated carbocycles. The lowest BCUT2D eigenvalue weighted by atomic mass is 9.94. The van der Waals surface area contributed by atoms with Crippen LogP contribution in [0.25, 0.3) is 0 Å². The van der Waals surface area contributed by atoms with Crippen molar-refractivity contribution in [3.05, 3.63) is 22.1 Å². The number of carbonyl (C=O) groups is 2. The topological polar surface area (TPSA) is 79.5 Å². The molecule has 0 spiro atoms. The van der Waals surface area contributed by atoms with E-state index in [1.165, 1.54) is 0 Å². The van der Waals surface area contributed by atoms with Crippen molar-refractivity contribution in [1.29, 1.82) is 0 Å². The molecule has 0 aliphatic heterocycles. The molecule has 0 fully saturated rings. The molecule has 0 bridgehead atoms. The van der Waals surface area contributed by atoms with Gasteiger partial charge in [0.15, 0.2) is 10.4 Å². The fourth-order valence-corrected chi connectivity index (χ4v) is 1.63. The quantitative estimate of drug-likeness (QED) is 0.893. The Balaban J connectivity index is 2.68. The molecule has 0 saturated heterocycles. The molecule has 1 aromatic rings. The maximum absolute atomic E-state index is 11.7. The highest BCUT2D eigenvalue weighted by molar-refractivity contribution is 9.10. The molecule has 17 heavy (non-hydrogen) atoms. The molecule has 0 aromatic carbocycles. The van der Waals surface area contributed by atoms with Crippen molar-refractivity contribution in [1.82, 2.24) is 5.32 Å². The molecule has 1 rings (SSSR count). The minimum absolute atomic E-state index is 0.0406. The number of carbonyl (C=O) groups excluding carboxylic acids is 1. The summed E-state index contributed by atoms with van der Waals surface area (Å²) in [7, 11) is 0. The van der Waals surface area contributed by atoms with Crippen molar-refractivity contribution in [3.63, 3.8) is 0 Å². The second-order valence-corrected chi connectivity index (χ2v) is 5.22. The molecule has 2 N–H and O–H groups in total. The molecule has 0 aliphatic carbocycles. The third kappa shape index (κ3) is 3.33. The summed E-state index contributed by atoms with van der Waals surface area (Å²) in [4.78, 5) is 22.6. The zero-order chi connectivity index (χ0) is 13.2. The van der Waals surface area contributed by atoms with E-state index < -0.39 is 17.3 Å². The van der Waals surface area contributed by atoms with Crippen LogP contribution < -0.4 is 5.32 Å². The van der Waals surface area contributed by atoms with Gasteiger partial charge < -0.3 is 14.8 Å². The molecule has 0 atom stereocenters. The zero-order valence-electron chi connectivity index (χ0n) is 9.83. The number of hydrogen-bond donors (Lipinski definition) is 2. The normalized spacial score (nSPS) is 11.3. The van der Waals surface area contributed by atoms with Crippen LogP contribution in [0.5, 0.6) is 0 Å². The van der Waals surface area contributed by atoms with Gasteiger partial charge in [0.05, 0.1) is 5.41 Å². The number of carboxylic acid groups (broad SMARTS) is 1. The fraction of sp³-hybridized carbons (Fsp3) is 0.455. The number of amides is 1. The van der Waals surface area contributed by atoms with Crippen LogP contribution in [0.1, 0.15) is 30.0 Å². The molecule has 0 radical (unpaired) electrons. The second-order valence-electron chi connectivity index (χ2n) is 4.43. The Labute approximate surface area is 107 Å². The van der Waals surface area contributed by atoms with E-state index in [0.717, 1.165) is 0 Å². The predicted octanol–water partition coefficient (Wildman–Crippen LogP) is 2.19. The summed E-state index contributed by atoms with van der Waals surface area (Å²) in [6.45, 7) is 4.87.